The van der Waals surface area contributed by atoms with Gasteiger partial charge >= 0.3 is 0 Å². The van der Waals surface area contributed by atoms with E-state index in [1.807, 2.05) is 18.2 Å². The Morgan fingerprint density at radius 3 is 2.74 bits per heavy atom. The minimum absolute atomic E-state index is 0.0506. The first-order valence-electron chi connectivity index (χ1n) is 11.0. The molecule has 0 unspecified atom stereocenters. The van der Waals surface area contributed by atoms with Crippen molar-refractivity contribution in [3.63, 3.8) is 0 Å². The SMILES string of the molecule is CCCCc1nc2c(N)nc3ccccc3c2n1CCCCCC(=O)c1cnccn1. The quantitative estimate of drug-likeness (QED) is 0.296. The van der Waals surface area contributed by atoms with E-state index < -0.39 is 0 Å². The second-order valence-electron chi connectivity index (χ2n) is 7.82. The Balaban J connectivity index is 1.51. The van der Waals surface area contributed by atoms with Crippen molar-refractivity contribution in [2.45, 2.75) is 58.4 Å². The van der Waals surface area contributed by atoms with Gasteiger partial charge in [0.05, 0.1) is 17.2 Å². The molecule has 3 aromatic heterocycles. The number of hydrogen-bond donors (Lipinski definition) is 1. The topological polar surface area (TPSA) is 99.6 Å². The summed E-state index contributed by atoms with van der Waals surface area (Å²) in [6.45, 7) is 3.04. The van der Waals surface area contributed by atoms with Crippen molar-refractivity contribution in [2.75, 3.05) is 5.73 Å². The molecular formula is C24H28N6O. The van der Waals surface area contributed by atoms with Gasteiger partial charge in [-0.05, 0) is 25.3 Å². The standard InChI is InChI=1S/C24H28N6O/c1-2-3-12-21-29-22-23(17-9-6-7-10-18(17)28-24(22)25)30(21)15-8-4-5-11-20(31)19-16-26-13-14-27-19/h6-7,9-10,13-14,16H,2-5,8,11-12,15H2,1H3,(H2,25,28). The number of fused-ring (bicyclic) bond motifs is 3. The maximum atomic E-state index is 12.2. The van der Waals surface area contributed by atoms with E-state index in [2.05, 4.69) is 32.5 Å². The van der Waals surface area contributed by atoms with E-state index in [1.54, 1.807) is 12.4 Å². The van der Waals surface area contributed by atoms with Gasteiger partial charge in [0, 0.05) is 37.2 Å². The van der Waals surface area contributed by atoms with Gasteiger partial charge in [0.2, 0.25) is 0 Å². The fourth-order valence-electron chi connectivity index (χ4n) is 3.97. The average molecular weight is 417 g/mol. The summed E-state index contributed by atoms with van der Waals surface area (Å²) >= 11 is 0. The van der Waals surface area contributed by atoms with E-state index in [4.69, 9.17) is 10.7 Å². The van der Waals surface area contributed by atoms with E-state index in [-0.39, 0.29) is 5.78 Å². The summed E-state index contributed by atoms with van der Waals surface area (Å²) in [5.74, 6) is 1.60. The van der Waals surface area contributed by atoms with Crippen LogP contribution < -0.4 is 5.73 Å². The number of nitrogens with two attached hydrogens (primary N) is 1. The number of ketones is 1. The molecule has 160 valence electrons. The van der Waals surface area contributed by atoms with E-state index in [1.165, 1.54) is 6.20 Å². The molecule has 0 saturated heterocycles. The zero-order valence-corrected chi connectivity index (χ0v) is 17.9. The molecule has 0 saturated carbocycles. The molecule has 0 aliphatic rings. The lowest BCUT2D eigenvalue weighted by atomic mass is 10.1. The molecule has 7 nitrogen and oxygen atoms in total. The summed E-state index contributed by atoms with van der Waals surface area (Å²) in [6.07, 6.45) is 11.0. The van der Waals surface area contributed by atoms with Gasteiger partial charge in [-0.2, -0.15) is 0 Å². The monoisotopic (exact) mass is 416 g/mol. The Kier molecular flexibility index (Phi) is 6.50. The Morgan fingerprint density at radius 2 is 1.94 bits per heavy atom. The summed E-state index contributed by atoms with van der Waals surface area (Å²) in [5, 5.41) is 1.08. The molecule has 0 spiro atoms. The number of rotatable bonds is 10. The fraction of sp³-hybridized carbons (Fsp3) is 0.375. The number of anilines is 1. The highest BCUT2D eigenvalue weighted by atomic mass is 16.1. The molecule has 0 amide bonds. The van der Waals surface area contributed by atoms with Crippen LogP contribution in [-0.2, 0) is 13.0 Å². The third-order valence-corrected chi connectivity index (χ3v) is 5.58. The number of carbonyl (C=O) groups is 1. The zero-order chi connectivity index (χ0) is 21.6. The molecule has 4 aromatic rings. The number of Topliss-reactive ketones (excluding diaryl/α,β-unsaturated/α-hetero) is 1. The fourth-order valence-corrected chi connectivity index (χ4v) is 3.97. The summed E-state index contributed by atoms with van der Waals surface area (Å²) in [7, 11) is 0. The summed E-state index contributed by atoms with van der Waals surface area (Å²) < 4.78 is 2.32. The van der Waals surface area contributed by atoms with Crippen LogP contribution in [-0.4, -0.2) is 30.3 Å². The van der Waals surface area contributed by atoms with Gasteiger partial charge in [-0.3, -0.25) is 9.78 Å². The molecule has 1 aromatic carbocycles. The van der Waals surface area contributed by atoms with Crippen LogP contribution in [0.1, 0.15) is 61.8 Å². The number of hydrogen-bond acceptors (Lipinski definition) is 6. The first kappa shape index (κ1) is 20.9. The largest absolute Gasteiger partial charge is 0.382 e. The van der Waals surface area contributed by atoms with Crippen molar-refractivity contribution < 1.29 is 4.79 Å². The third kappa shape index (κ3) is 4.55. The number of pyridine rings is 1. The summed E-state index contributed by atoms with van der Waals surface area (Å²) in [6, 6.07) is 8.09. The van der Waals surface area contributed by atoms with Crippen LogP contribution in [0.5, 0.6) is 0 Å². The molecule has 0 atom stereocenters. The Morgan fingerprint density at radius 1 is 1.06 bits per heavy atom. The van der Waals surface area contributed by atoms with E-state index in [9.17, 15) is 4.79 Å². The normalized spacial score (nSPS) is 11.4. The molecule has 3 heterocycles. The molecule has 0 aliphatic heterocycles. The zero-order valence-electron chi connectivity index (χ0n) is 17.9. The lowest BCUT2D eigenvalue weighted by Crippen LogP contribution is -2.06. The molecule has 7 heteroatoms. The van der Waals surface area contributed by atoms with Gasteiger partial charge in [0.25, 0.3) is 0 Å². The van der Waals surface area contributed by atoms with Crippen LogP contribution >= 0.6 is 0 Å². The van der Waals surface area contributed by atoms with Crippen molar-refractivity contribution in [1.29, 1.82) is 0 Å². The van der Waals surface area contributed by atoms with Gasteiger partial charge in [-0.1, -0.05) is 38.0 Å². The lowest BCUT2D eigenvalue weighted by Gasteiger charge is -2.11. The highest BCUT2D eigenvalue weighted by Gasteiger charge is 2.17. The number of aryl methyl sites for hydroxylation is 2. The van der Waals surface area contributed by atoms with Gasteiger partial charge < -0.3 is 10.3 Å². The van der Waals surface area contributed by atoms with E-state index in [0.29, 0.717) is 17.9 Å². The van der Waals surface area contributed by atoms with E-state index in [0.717, 1.165) is 72.8 Å². The smallest absolute Gasteiger partial charge is 0.182 e. The van der Waals surface area contributed by atoms with Crippen molar-refractivity contribution in [2.24, 2.45) is 0 Å². The number of benzene rings is 1. The molecule has 0 aliphatic carbocycles. The maximum absolute atomic E-state index is 12.2. The highest BCUT2D eigenvalue weighted by molar-refractivity contribution is 6.06. The molecule has 0 bridgehead atoms. The number of para-hydroxylation sites is 1. The van der Waals surface area contributed by atoms with Crippen LogP contribution in [0.15, 0.2) is 42.9 Å². The summed E-state index contributed by atoms with van der Waals surface area (Å²) in [5.41, 5.74) is 9.47. The second-order valence-corrected chi connectivity index (χ2v) is 7.82. The van der Waals surface area contributed by atoms with Crippen molar-refractivity contribution in [1.82, 2.24) is 24.5 Å². The van der Waals surface area contributed by atoms with E-state index >= 15 is 0 Å². The maximum Gasteiger partial charge on any atom is 0.182 e. The minimum Gasteiger partial charge on any atom is -0.382 e. The molecule has 4 rings (SSSR count). The molecule has 31 heavy (non-hydrogen) atoms. The number of aromatic nitrogens is 5. The van der Waals surface area contributed by atoms with Crippen LogP contribution in [0.4, 0.5) is 5.82 Å². The van der Waals surface area contributed by atoms with Gasteiger partial charge in [-0.15, -0.1) is 0 Å². The number of unbranched alkanes of at least 4 members (excludes halogenated alkanes) is 3. The van der Waals surface area contributed by atoms with Gasteiger partial charge in [0.1, 0.15) is 17.0 Å². The Bertz CT molecular complexity index is 1190. The Hall–Kier alpha value is -3.35. The molecule has 0 radical (unpaired) electrons. The number of carbonyl (C=O) groups excluding carboxylic acids is 1. The second kappa shape index (κ2) is 9.64. The van der Waals surface area contributed by atoms with Crippen LogP contribution in [0.3, 0.4) is 0 Å². The summed E-state index contributed by atoms with van der Waals surface area (Å²) in [4.78, 5) is 29.7. The number of nitrogens with zero attached hydrogens (tertiary/aromatic N) is 5. The highest BCUT2D eigenvalue weighted by Crippen LogP contribution is 2.29. The first-order valence-corrected chi connectivity index (χ1v) is 11.0. The first-order chi connectivity index (χ1) is 15.2. The number of nitrogen functional groups attached to an aromatic ring is 1. The van der Waals surface area contributed by atoms with Crippen LogP contribution in [0, 0.1) is 0 Å². The van der Waals surface area contributed by atoms with Gasteiger partial charge in [-0.25, -0.2) is 15.0 Å². The van der Waals surface area contributed by atoms with Crippen molar-refractivity contribution in [3.8, 4) is 0 Å². The number of imidazole rings is 1. The Labute approximate surface area is 181 Å². The lowest BCUT2D eigenvalue weighted by molar-refractivity contribution is 0.0974. The minimum atomic E-state index is 0.0506. The average Bonchev–Trinajstić information content (AvgIpc) is 3.17. The van der Waals surface area contributed by atoms with Crippen LogP contribution in [0.25, 0.3) is 21.9 Å². The van der Waals surface area contributed by atoms with Gasteiger partial charge in [0.15, 0.2) is 11.6 Å². The molecule has 2 N–H and O–H groups in total. The van der Waals surface area contributed by atoms with Crippen LogP contribution in [0.2, 0.25) is 0 Å². The van der Waals surface area contributed by atoms with Crippen molar-refractivity contribution in [3.05, 3.63) is 54.4 Å². The van der Waals surface area contributed by atoms with Crippen molar-refractivity contribution >= 4 is 33.5 Å². The molecular weight excluding hydrogens is 388 g/mol. The predicted octanol–water partition coefficient (Wildman–Crippen LogP) is 4.74. The third-order valence-electron chi connectivity index (χ3n) is 5.58. The predicted molar refractivity (Wildman–Crippen MR) is 123 cm³/mol. The molecule has 0 fully saturated rings.